The number of sulfone groups is 1. The summed E-state index contributed by atoms with van der Waals surface area (Å²) in [7, 11) is -6.62. The number of benzene rings is 1. The van der Waals surface area contributed by atoms with Crippen LogP contribution in [0.15, 0.2) is 41.8 Å². The van der Waals surface area contributed by atoms with E-state index in [1.54, 1.807) is 4.90 Å². The van der Waals surface area contributed by atoms with Crippen molar-refractivity contribution >= 4 is 25.8 Å². The van der Waals surface area contributed by atoms with E-state index >= 15 is 0 Å². The van der Waals surface area contributed by atoms with E-state index in [-0.39, 0.29) is 23.1 Å². The molecule has 0 unspecified atom stereocenters. The number of hydrogen-bond donors (Lipinski definition) is 1. The molecule has 1 heterocycles. The summed E-state index contributed by atoms with van der Waals surface area (Å²) in [6.07, 6.45) is 2.66. The van der Waals surface area contributed by atoms with Crippen LogP contribution in [0.25, 0.3) is 0 Å². The first kappa shape index (κ1) is 21.5. The van der Waals surface area contributed by atoms with Crippen LogP contribution in [0.2, 0.25) is 0 Å². The molecule has 2 rings (SSSR count). The Balaban J connectivity index is 1.94. The number of rotatable bonds is 8. The highest BCUT2D eigenvalue weighted by Crippen LogP contribution is 2.13. The van der Waals surface area contributed by atoms with E-state index in [1.165, 1.54) is 36.6 Å². The number of nitrogens with zero attached hydrogens (tertiary/aromatic N) is 2. The molecule has 1 aliphatic heterocycles. The lowest BCUT2D eigenvalue weighted by molar-refractivity contribution is 0.0644. The molecule has 0 aromatic heterocycles. The van der Waals surface area contributed by atoms with Crippen LogP contribution in [0.1, 0.15) is 10.4 Å². The smallest absolute Gasteiger partial charge is 0.253 e. The number of sulfonamides is 1. The summed E-state index contributed by atoms with van der Waals surface area (Å²) >= 11 is 0. The van der Waals surface area contributed by atoms with E-state index in [2.05, 4.69) is 11.3 Å². The van der Waals surface area contributed by atoms with Crippen LogP contribution in [-0.4, -0.2) is 83.8 Å². The quantitative estimate of drug-likeness (QED) is 0.597. The molecule has 0 spiro atoms. The molecular weight excluding hydrogens is 390 g/mol. The van der Waals surface area contributed by atoms with Crippen LogP contribution in [0, 0.1) is 0 Å². The Morgan fingerprint density at radius 3 is 2.22 bits per heavy atom. The van der Waals surface area contributed by atoms with Gasteiger partial charge >= 0.3 is 0 Å². The van der Waals surface area contributed by atoms with Gasteiger partial charge in [-0.3, -0.25) is 9.69 Å². The van der Waals surface area contributed by atoms with E-state index in [0.717, 1.165) is 0 Å². The molecule has 27 heavy (non-hydrogen) atoms. The molecule has 10 heteroatoms. The van der Waals surface area contributed by atoms with Gasteiger partial charge in [0.1, 0.15) is 9.84 Å². The summed E-state index contributed by atoms with van der Waals surface area (Å²) in [4.78, 5) is 16.4. The number of carbonyl (C=O) groups is 1. The summed E-state index contributed by atoms with van der Waals surface area (Å²) in [6, 6.07) is 5.81. The van der Waals surface area contributed by atoms with Gasteiger partial charge < -0.3 is 4.90 Å². The predicted molar refractivity (Wildman–Crippen MR) is 104 cm³/mol. The minimum atomic E-state index is -3.62. The molecule has 0 aliphatic carbocycles. The van der Waals surface area contributed by atoms with Crippen LogP contribution in [0.5, 0.6) is 0 Å². The van der Waals surface area contributed by atoms with Crippen molar-refractivity contribution in [3.8, 4) is 0 Å². The maximum absolute atomic E-state index is 12.6. The molecule has 1 fully saturated rings. The second-order valence-corrected chi connectivity index (χ2v) is 10.5. The van der Waals surface area contributed by atoms with Crippen molar-refractivity contribution in [1.29, 1.82) is 0 Å². The first-order chi connectivity index (χ1) is 12.6. The maximum atomic E-state index is 12.6. The summed E-state index contributed by atoms with van der Waals surface area (Å²) in [6.45, 7) is 6.29. The average Bonchev–Trinajstić information content (AvgIpc) is 2.64. The molecule has 1 aliphatic rings. The highest BCUT2D eigenvalue weighted by atomic mass is 32.2. The van der Waals surface area contributed by atoms with Gasteiger partial charge in [0, 0.05) is 51.1 Å². The molecule has 1 N–H and O–H groups in total. The Bertz CT molecular complexity index is 872. The lowest BCUT2D eigenvalue weighted by Crippen LogP contribution is -2.49. The molecule has 8 nitrogen and oxygen atoms in total. The zero-order valence-corrected chi connectivity index (χ0v) is 16.9. The van der Waals surface area contributed by atoms with Crippen molar-refractivity contribution in [2.45, 2.75) is 4.90 Å². The molecule has 0 saturated carbocycles. The fourth-order valence-corrected chi connectivity index (χ4v) is 4.27. The Morgan fingerprint density at radius 1 is 1.11 bits per heavy atom. The van der Waals surface area contributed by atoms with Crippen LogP contribution in [0.4, 0.5) is 0 Å². The Kier molecular flexibility index (Phi) is 7.15. The van der Waals surface area contributed by atoms with Crippen molar-refractivity contribution in [3.05, 3.63) is 42.5 Å². The Hall–Kier alpha value is -1.75. The van der Waals surface area contributed by atoms with Gasteiger partial charge in [0.25, 0.3) is 5.91 Å². The van der Waals surface area contributed by atoms with E-state index in [4.69, 9.17) is 0 Å². The lowest BCUT2D eigenvalue weighted by atomic mass is 10.2. The van der Waals surface area contributed by atoms with Crippen LogP contribution < -0.4 is 4.72 Å². The number of carbonyl (C=O) groups excluding carboxylic acids is 1. The lowest BCUT2D eigenvalue weighted by Gasteiger charge is -2.34. The van der Waals surface area contributed by atoms with Gasteiger partial charge in [0.2, 0.25) is 10.0 Å². The van der Waals surface area contributed by atoms with Gasteiger partial charge in [-0.15, -0.1) is 6.58 Å². The van der Waals surface area contributed by atoms with Crippen molar-refractivity contribution in [1.82, 2.24) is 14.5 Å². The maximum Gasteiger partial charge on any atom is 0.253 e. The van der Waals surface area contributed by atoms with Crippen molar-refractivity contribution in [2.75, 3.05) is 51.3 Å². The zero-order chi connectivity index (χ0) is 20.1. The molecule has 1 aromatic rings. The Morgan fingerprint density at radius 2 is 1.70 bits per heavy atom. The number of amides is 1. The van der Waals surface area contributed by atoms with Gasteiger partial charge in [-0.25, -0.2) is 21.6 Å². The fraction of sp³-hybridized carbons (Fsp3) is 0.471. The molecule has 0 radical (unpaired) electrons. The minimum Gasteiger partial charge on any atom is -0.336 e. The van der Waals surface area contributed by atoms with Crippen molar-refractivity contribution < 1.29 is 21.6 Å². The molecule has 0 bridgehead atoms. The normalized spacial score (nSPS) is 16.3. The number of piperazine rings is 1. The fourth-order valence-electron chi connectivity index (χ4n) is 2.68. The Labute approximate surface area is 160 Å². The first-order valence-electron chi connectivity index (χ1n) is 8.52. The van der Waals surface area contributed by atoms with Gasteiger partial charge in [-0.2, -0.15) is 0 Å². The third kappa shape index (κ3) is 6.42. The second-order valence-electron chi connectivity index (χ2n) is 6.43. The number of hydrogen-bond acceptors (Lipinski definition) is 6. The molecule has 1 saturated heterocycles. The highest BCUT2D eigenvalue weighted by molar-refractivity contribution is 7.90. The van der Waals surface area contributed by atoms with E-state index < -0.39 is 19.9 Å². The molecular formula is C17H25N3O5S2. The summed E-state index contributed by atoms with van der Waals surface area (Å²) in [5, 5.41) is 0. The van der Waals surface area contributed by atoms with Gasteiger partial charge in [0.15, 0.2) is 0 Å². The number of nitrogens with one attached hydrogen (secondary N) is 1. The molecule has 1 amide bonds. The summed E-state index contributed by atoms with van der Waals surface area (Å²) in [5.41, 5.74) is 0.419. The summed E-state index contributed by atoms with van der Waals surface area (Å²) in [5.74, 6) is -0.0581. The monoisotopic (exact) mass is 415 g/mol. The van der Waals surface area contributed by atoms with Gasteiger partial charge in [-0.05, 0) is 24.3 Å². The minimum absolute atomic E-state index is 0.0893. The largest absolute Gasteiger partial charge is 0.336 e. The highest BCUT2D eigenvalue weighted by Gasteiger charge is 2.23. The summed E-state index contributed by atoms with van der Waals surface area (Å²) < 4.78 is 48.9. The zero-order valence-electron chi connectivity index (χ0n) is 15.3. The molecule has 0 atom stereocenters. The van der Waals surface area contributed by atoms with E-state index in [0.29, 0.717) is 38.3 Å². The first-order valence-corrected chi connectivity index (χ1v) is 12.1. The second kappa shape index (κ2) is 8.96. The standard InChI is InChI=1S/C17H25N3O5S2/c1-3-8-18-27(24,25)16-6-4-15(5-7-16)17(21)20-11-9-19(10-12-20)13-14-26(2,22)23/h3-7,18H,1,8-14H2,2H3. The third-order valence-corrected chi connectivity index (χ3v) is 6.63. The third-order valence-electron chi connectivity index (χ3n) is 4.27. The van der Waals surface area contributed by atoms with Crippen molar-refractivity contribution in [2.24, 2.45) is 0 Å². The van der Waals surface area contributed by atoms with Gasteiger partial charge in [-0.1, -0.05) is 6.08 Å². The van der Waals surface area contributed by atoms with Crippen LogP contribution in [-0.2, 0) is 19.9 Å². The van der Waals surface area contributed by atoms with Crippen molar-refractivity contribution in [3.63, 3.8) is 0 Å². The van der Waals surface area contributed by atoms with E-state index in [9.17, 15) is 21.6 Å². The SMILES string of the molecule is C=CCNS(=O)(=O)c1ccc(C(=O)N2CCN(CCS(C)(=O)=O)CC2)cc1. The van der Waals surface area contributed by atoms with Crippen LogP contribution >= 0.6 is 0 Å². The average molecular weight is 416 g/mol. The predicted octanol–water partition coefficient (Wildman–Crippen LogP) is -0.0467. The topological polar surface area (TPSA) is 104 Å². The van der Waals surface area contributed by atoms with Crippen LogP contribution in [0.3, 0.4) is 0 Å². The molecule has 150 valence electrons. The van der Waals surface area contributed by atoms with E-state index in [1.807, 2.05) is 4.90 Å². The van der Waals surface area contributed by atoms with Gasteiger partial charge in [0.05, 0.1) is 10.6 Å². The molecule has 1 aromatic carbocycles.